The molecule has 0 spiro atoms. The van der Waals surface area contributed by atoms with E-state index in [-0.39, 0.29) is 23.3 Å². The molecule has 1 aromatic rings. The maximum atomic E-state index is 12.5. The van der Waals surface area contributed by atoms with Crippen LogP contribution in [0.2, 0.25) is 0 Å². The minimum Gasteiger partial charge on any atom is -0.351 e. The molecule has 0 radical (unpaired) electrons. The zero-order valence-corrected chi connectivity index (χ0v) is 13.9. The number of hydrogen-bond acceptors (Lipinski definition) is 3. The van der Waals surface area contributed by atoms with E-state index in [2.05, 4.69) is 16.0 Å². The van der Waals surface area contributed by atoms with E-state index < -0.39 is 5.41 Å². The van der Waals surface area contributed by atoms with Crippen molar-refractivity contribution >= 4 is 29.1 Å². The van der Waals surface area contributed by atoms with Gasteiger partial charge in [0.2, 0.25) is 17.7 Å². The molecule has 23 heavy (non-hydrogen) atoms. The number of benzene rings is 1. The Morgan fingerprint density at radius 1 is 1.00 bits per heavy atom. The fraction of sp³-hybridized carbons (Fsp3) is 0.471. The van der Waals surface area contributed by atoms with E-state index in [0.29, 0.717) is 24.2 Å². The quantitative estimate of drug-likeness (QED) is 0.745. The summed E-state index contributed by atoms with van der Waals surface area (Å²) in [5, 5.41) is 8.30. The van der Waals surface area contributed by atoms with E-state index in [9.17, 15) is 14.4 Å². The number of hydrogen-bond donors (Lipinski definition) is 3. The lowest BCUT2D eigenvalue weighted by Crippen LogP contribution is -2.48. The Balaban J connectivity index is 2.07. The van der Waals surface area contributed by atoms with E-state index in [1.54, 1.807) is 24.3 Å². The second-order valence-electron chi connectivity index (χ2n) is 7.00. The van der Waals surface area contributed by atoms with Crippen LogP contribution in [0.5, 0.6) is 0 Å². The average Bonchev–Trinajstić information content (AvgIpc) is 3.17. The van der Waals surface area contributed by atoms with Crippen molar-refractivity contribution in [1.29, 1.82) is 0 Å². The van der Waals surface area contributed by atoms with E-state index in [4.69, 9.17) is 0 Å². The normalized spacial score (nSPS) is 15.5. The van der Waals surface area contributed by atoms with E-state index in [0.717, 1.165) is 0 Å². The highest BCUT2D eigenvalue weighted by Gasteiger charge is 2.57. The van der Waals surface area contributed by atoms with Gasteiger partial charge in [0.05, 0.1) is 0 Å². The van der Waals surface area contributed by atoms with Crippen molar-refractivity contribution in [1.82, 2.24) is 5.32 Å². The third-order valence-corrected chi connectivity index (χ3v) is 3.55. The standard InChI is InChI=1S/C17H23N3O3/c1-11(21)18-12-6-5-7-13(10-12)19-14(22)17(8-9-17)15(23)20-16(2,3)4/h5-7,10H,8-9H2,1-4H3,(H,18,21)(H,19,22)(H,20,23). The van der Waals surface area contributed by atoms with Gasteiger partial charge in [0, 0.05) is 23.8 Å². The Labute approximate surface area is 136 Å². The topological polar surface area (TPSA) is 87.3 Å². The SMILES string of the molecule is CC(=O)Nc1cccc(NC(=O)C2(C(=O)NC(C)(C)C)CC2)c1. The van der Waals surface area contributed by atoms with Crippen molar-refractivity contribution in [2.24, 2.45) is 5.41 Å². The molecule has 1 aromatic carbocycles. The summed E-state index contributed by atoms with van der Waals surface area (Å²) >= 11 is 0. The lowest BCUT2D eigenvalue weighted by Gasteiger charge is -2.24. The zero-order valence-electron chi connectivity index (χ0n) is 13.9. The first-order valence-electron chi connectivity index (χ1n) is 7.64. The summed E-state index contributed by atoms with van der Waals surface area (Å²) in [6, 6.07) is 6.85. The first-order chi connectivity index (χ1) is 10.6. The van der Waals surface area contributed by atoms with E-state index >= 15 is 0 Å². The van der Waals surface area contributed by atoms with Crippen molar-refractivity contribution in [3.8, 4) is 0 Å². The summed E-state index contributed by atoms with van der Waals surface area (Å²) in [7, 11) is 0. The highest BCUT2D eigenvalue weighted by molar-refractivity contribution is 6.13. The molecule has 124 valence electrons. The highest BCUT2D eigenvalue weighted by atomic mass is 16.2. The number of carbonyl (C=O) groups is 3. The van der Waals surface area contributed by atoms with E-state index in [1.807, 2.05) is 20.8 Å². The van der Waals surface area contributed by atoms with Crippen LogP contribution in [0.1, 0.15) is 40.5 Å². The van der Waals surface area contributed by atoms with Gasteiger partial charge in [0.25, 0.3) is 0 Å². The van der Waals surface area contributed by atoms with Crippen LogP contribution < -0.4 is 16.0 Å². The molecule has 1 saturated carbocycles. The van der Waals surface area contributed by atoms with Crippen molar-refractivity contribution in [3.05, 3.63) is 24.3 Å². The first kappa shape index (κ1) is 17.0. The Morgan fingerprint density at radius 3 is 2.04 bits per heavy atom. The van der Waals surface area contributed by atoms with Crippen LogP contribution in [0.4, 0.5) is 11.4 Å². The number of carbonyl (C=O) groups excluding carboxylic acids is 3. The molecule has 1 fully saturated rings. The second kappa shape index (κ2) is 6.02. The molecule has 1 aliphatic carbocycles. The van der Waals surface area contributed by atoms with Gasteiger partial charge in [0.15, 0.2) is 0 Å². The highest BCUT2D eigenvalue weighted by Crippen LogP contribution is 2.47. The molecule has 3 N–H and O–H groups in total. The van der Waals surface area contributed by atoms with Gasteiger partial charge in [-0.3, -0.25) is 14.4 Å². The van der Waals surface area contributed by atoms with Crippen molar-refractivity contribution in [2.45, 2.75) is 46.1 Å². The third kappa shape index (κ3) is 4.31. The fourth-order valence-corrected chi connectivity index (χ4v) is 2.27. The Morgan fingerprint density at radius 2 is 1.57 bits per heavy atom. The fourth-order valence-electron chi connectivity index (χ4n) is 2.27. The molecule has 0 atom stereocenters. The van der Waals surface area contributed by atoms with Crippen molar-refractivity contribution < 1.29 is 14.4 Å². The number of anilines is 2. The molecular weight excluding hydrogens is 294 g/mol. The van der Waals surface area contributed by atoms with Gasteiger partial charge in [-0.2, -0.15) is 0 Å². The first-order valence-corrected chi connectivity index (χ1v) is 7.64. The van der Waals surface area contributed by atoms with Gasteiger partial charge in [-0.05, 0) is 51.8 Å². The Kier molecular flexibility index (Phi) is 4.45. The van der Waals surface area contributed by atoms with Crippen molar-refractivity contribution in [2.75, 3.05) is 10.6 Å². The van der Waals surface area contributed by atoms with Crippen LogP contribution in [-0.4, -0.2) is 23.3 Å². The number of amides is 3. The van der Waals surface area contributed by atoms with Crippen molar-refractivity contribution in [3.63, 3.8) is 0 Å². The Bertz CT molecular complexity index is 643. The van der Waals surface area contributed by atoms with Crippen LogP contribution in [0.15, 0.2) is 24.3 Å². The molecular formula is C17H23N3O3. The predicted molar refractivity (Wildman–Crippen MR) is 88.9 cm³/mol. The van der Waals surface area contributed by atoms with Gasteiger partial charge >= 0.3 is 0 Å². The van der Waals surface area contributed by atoms with Crippen LogP contribution in [0.25, 0.3) is 0 Å². The summed E-state index contributed by atoms with van der Waals surface area (Å²) in [4.78, 5) is 35.9. The summed E-state index contributed by atoms with van der Waals surface area (Å²) in [5.41, 5.74) is -0.203. The van der Waals surface area contributed by atoms with Gasteiger partial charge in [-0.25, -0.2) is 0 Å². The summed E-state index contributed by atoms with van der Waals surface area (Å²) in [5.74, 6) is -0.726. The molecule has 6 heteroatoms. The molecule has 0 unspecified atom stereocenters. The van der Waals surface area contributed by atoms with Gasteiger partial charge < -0.3 is 16.0 Å². The van der Waals surface area contributed by atoms with Crippen LogP contribution in [-0.2, 0) is 14.4 Å². The summed E-state index contributed by atoms with van der Waals surface area (Å²) in [6.45, 7) is 7.07. The summed E-state index contributed by atoms with van der Waals surface area (Å²) in [6.07, 6.45) is 1.10. The maximum absolute atomic E-state index is 12.5. The molecule has 0 heterocycles. The summed E-state index contributed by atoms with van der Waals surface area (Å²) < 4.78 is 0. The lowest BCUT2D eigenvalue weighted by molar-refractivity contribution is -0.135. The molecule has 0 aliphatic heterocycles. The predicted octanol–water partition coefficient (Wildman–Crippen LogP) is 2.28. The van der Waals surface area contributed by atoms with Crippen LogP contribution >= 0.6 is 0 Å². The van der Waals surface area contributed by atoms with Crippen LogP contribution in [0, 0.1) is 5.41 Å². The second-order valence-corrected chi connectivity index (χ2v) is 7.00. The molecule has 0 saturated heterocycles. The maximum Gasteiger partial charge on any atom is 0.240 e. The number of rotatable bonds is 4. The average molecular weight is 317 g/mol. The molecule has 3 amide bonds. The lowest BCUT2D eigenvalue weighted by atomic mass is 10.0. The molecule has 1 aliphatic rings. The number of nitrogens with one attached hydrogen (secondary N) is 3. The third-order valence-electron chi connectivity index (χ3n) is 3.55. The molecule has 2 rings (SSSR count). The Hall–Kier alpha value is -2.37. The molecule has 0 bridgehead atoms. The zero-order chi connectivity index (χ0) is 17.3. The minimum atomic E-state index is -0.975. The smallest absolute Gasteiger partial charge is 0.240 e. The van der Waals surface area contributed by atoms with Gasteiger partial charge in [-0.15, -0.1) is 0 Å². The monoisotopic (exact) mass is 317 g/mol. The minimum absolute atomic E-state index is 0.184. The van der Waals surface area contributed by atoms with Gasteiger partial charge in [-0.1, -0.05) is 6.07 Å². The molecule has 6 nitrogen and oxygen atoms in total. The molecule has 0 aromatic heterocycles. The van der Waals surface area contributed by atoms with Gasteiger partial charge in [0.1, 0.15) is 5.41 Å². The largest absolute Gasteiger partial charge is 0.351 e. The van der Waals surface area contributed by atoms with E-state index in [1.165, 1.54) is 6.92 Å². The van der Waals surface area contributed by atoms with Crippen LogP contribution in [0.3, 0.4) is 0 Å².